The molecule has 5 nitrogen and oxygen atoms in total. The number of carbonyl (C=O) groups is 1. The second-order valence-electron chi connectivity index (χ2n) is 5.85. The Balaban J connectivity index is 1.81. The maximum atomic E-state index is 11.3. The lowest BCUT2D eigenvalue weighted by Crippen LogP contribution is -2.37. The molecule has 3 rings (SSSR count). The zero-order valence-corrected chi connectivity index (χ0v) is 12.9. The van der Waals surface area contributed by atoms with Crippen molar-refractivity contribution in [3.63, 3.8) is 0 Å². The number of aryl methyl sites for hydroxylation is 1. The average molecular weight is 299 g/mol. The van der Waals surface area contributed by atoms with Gasteiger partial charge in [0, 0.05) is 24.1 Å². The minimum Gasteiger partial charge on any atom is -0.480 e. The summed E-state index contributed by atoms with van der Waals surface area (Å²) in [5.74, 6) is 0.237. The minimum absolute atomic E-state index is 0.113. The van der Waals surface area contributed by atoms with Gasteiger partial charge >= 0.3 is 5.97 Å². The maximum absolute atomic E-state index is 11.3. The third kappa shape index (κ3) is 2.64. The summed E-state index contributed by atoms with van der Waals surface area (Å²) in [5, 5.41) is 9.33. The standard InChI is InChI=1S/C17H21N3O2/c1-12(19-10-3-4-16(19)17(21)22)14-5-7-15(8-6-14)20-11-9-18-13(20)2/h5-9,11-12,16H,3-4,10H2,1-2H3,(H,21,22). The summed E-state index contributed by atoms with van der Waals surface area (Å²) in [6, 6.07) is 8.04. The maximum Gasteiger partial charge on any atom is 0.320 e. The average Bonchev–Trinajstić information content (AvgIpc) is 3.15. The van der Waals surface area contributed by atoms with Crippen LogP contribution in [0.25, 0.3) is 5.69 Å². The lowest BCUT2D eigenvalue weighted by atomic mass is 10.1. The predicted octanol–water partition coefficient (Wildman–Crippen LogP) is 2.79. The molecule has 2 heterocycles. The first kappa shape index (κ1) is 14.8. The molecule has 2 unspecified atom stereocenters. The van der Waals surface area contributed by atoms with Gasteiger partial charge in [0.25, 0.3) is 0 Å². The molecule has 0 spiro atoms. The third-order valence-corrected chi connectivity index (χ3v) is 4.56. The van der Waals surface area contributed by atoms with Gasteiger partial charge in [-0.25, -0.2) is 4.98 Å². The van der Waals surface area contributed by atoms with Crippen molar-refractivity contribution in [2.24, 2.45) is 0 Å². The Hall–Kier alpha value is -2.14. The van der Waals surface area contributed by atoms with Crippen LogP contribution in [0.1, 0.15) is 37.2 Å². The smallest absolute Gasteiger partial charge is 0.320 e. The van der Waals surface area contributed by atoms with E-state index in [1.807, 2.05) is 17.7 Å². The number of imidazole rings is 1. The molecule has 1 fully saturated rings. The number of rotatable bonds is 4. The second kappa shape index (κ2) is 5.93. The van der Waals surface area contributed by atoms with Crippen LogP contribution in [0.4, 0.5) is 0 Å². The highest BCUT2D eigenvalue weighted by molar-refractivity contribution is 5.73. The largest absolute Gasteiger partial charge is 0.480 e. The van der Waals surface area contributed by atoms with Gasteiger partial charge in [-0.05, 0) is 50.9 Å². The fourth-order valence-corrected chi connectivity index (χ4v) is 3.27. The molecule has 5 heteroatoms. The van der Waals surface area contributed by atoms with Crippen molar-refractivity contribution in [1.82, 2.24) is 14.5 Å². The van der Waals surface area contributed by atoms with E-state index in [0.717, 1.165) is 36.5 Å². The molecule has 1 saturated heterocycles. The van der Waals surface area contributed by atoms with Crippen LogP contribution in [0.3, 0.4) is 0 Å². The lowest BCUT2D eigenvalue weighted by Gasteiger charge is -2.28. The van der Waals surface area contributed by atoms with Gasteiger partial charge in [0.05, 0.1) is 0 Å². The molecule has 0 bridgehead atoms. The lowest BCUT2D eigenvalue weighted by molar-refractivity contribution is -0.142. The molecule has 1 aromatic carbocycles. The van der Waals surface area contributed by atoms with Crippen LogP contribution >= 0.6 is 0 Å². The summed E-state index contributed by atoms with van der Waals surface area (Å²) >= 11 is 0. The van der Waals surface area contributed by atoms with Crippen LogP contribution in [-0.4, -0.2) is 38.1 Å². The van der Waals surface area contributed by atoms with Gasteiger partial charge < -0.3 is 9.67 Å². The molecule has 0 radical (unpaired) electrons. The summed E-state index contributed by atoms with van der Waals surface area (Å²) in [4.78, 5) is 17.7. The number of carboxylic acids is 1. The van der Waals surface area contributed by atoms with Crippen LogP contribution in [0, 0.1) is 6.92 Å². The summed E-state index contributed by atoms with van der Waals surface area (Å²) in [6.45, 7) is 4.90. The Labute approximate surface area is 130 Å². The number of aromatic nitrogens is 2. The van der Waals surface area contributed by atoms with Crippen molar-refractivity contribution in [2.45, 2.75) is 38.8 Å². The Morgan fingerprint density at radius 1 is 1.36 bits per heavy atom. The molecular formula is C17H21N3O2. The normalized spacial score (nSPS) is 20.2. The monoisotopic (exact) mass is 299 g/mol. The highest BCUT2D eigenvalue weighted by Crippen LogP contribution is 2.29. The van der Waals surface area contributed by atoms with Crippen molar-refractivity contribution >= 4 is 5.97 Å². The Kier molecular flexibility index (Phi) is 3.98. The van der Waals surface area contributed by atoms with Crippen LogP contribution in [0.15, 0.2) is 36.7 Å². The van der Waals surface area contributed by atoms with Crippen molar-refractivity contribution in [1.29, 1.82) is 0 Å². The van der Waals surface area contributed by atoms with E-state index in [2.05, 4.69) is 41.1 Å². The first-order valence-electron chi connectivity index (χ1n) is 7.67. The molecule has 2 atom stereocenters. The van der Waals surface area contributed by atoms with Crippen molar-refractivity contribution < 1.29 is 9.90 Å². The highest BCUT2D eigenvalue weighted by Gasteiger charge is 2.33. The first-order chi connectivity index (χ1) is 10.6. The van der Waals surface area contributed by atoms with Gasteiger partial charge in [0.2, 0.25) is 0 Å². The number of likely N-dealkylation sites (tertiary alicyclic amines) is 1. The summed E-state index contributed by atoms with van der Waals surface area (Å²) in [7, 11) is 0. The van der Waals surface area contributed by atoms with E-state index in [1.165, 1.54) is 0 Å². The molecule has 22 heavy (non-hydrogen) atoms. The zero-order valence-electron chi connectivity index (χ0n) is 12.9. The van der Waals surface area contributed by atoms with E-state index in [9.17, 15) is 9.90 Å². The minimum atomic E-state index is -0.713. The number of carboxylic acid groups (broad SMARTS) is 1. The number of nitrogens with zero attached hydrogens (tertiary/aromatic N) is 3. The molecule has 116 valence electrons. The van der Waals surface area contributed by atoms with Gasteiger partial charge in [-0.2, -0.15) is 0 Å². The molecule has 0 amide bonds. The van der Waals surface area contributed by atoms with E-state index in [4.69, 9.17) is 0 Å². The zero-order chi connectivity index (χ0) is 15.7. The Morgan fingerprint density at radius 2 is 2.09 bits per heavy atom. The van der Waals surface area contributed by atoms with Crippen molar-refractivity contribution in [3.05, 3.63) is 48.0 Å². The summed E-state index contributed by atoms with van der Waals surface area (Å²) < 4.78 is 2.03. The van der Waals surface area contributed by atoms with E-state index >= 15 is 0 Å². The number of hydrogen-bond donors (Lipinski definition) is 1. The fourth-order valence-electron chi connectivity index (χ4n) is 3.27. The molecule has 2 aromatic rings. The molecule has 1 aliphatic rings. The van der Waals surface area contributed by atoms with Gasteiger partial charge in [-0.15, -0.1) is 0 Å². The van der Waals surface area contributed by atoms with Crippen molar-refractivity contribution in [3.8, 4) is 5.69 Å². The molecule has 0 aliphatic carbocycles. The van der Waals surface area contributed by atoms with E-state index in [1.54, 1.807) is 6.20 Å². The van der Waals surface area contributed by atoms with Crippen LogP contribution < -0.4 is 0 Å². The summed E-state index contributed by atoms with van der Waals surface area (Å²) in [6.07, 6.45) is 5.42. The van der Waals surface area contributed by atoms with E-state index in [-0.39, 0.29) is 12.1 Å². The van der Waals surface area contributed by atoms with Gasteiger partial charge in [-0.1, -0.05) is 12.1 Å². The second-order valence-corrected chi connectivity index (χ2v) is 5.85. The molecule has 1 aliphatic heterocycles. The number of hydrogen-bond acceptors (Lipinski definition) is 3. The topological polar surface area (TPSA) is 58.4 Å². The SMILES string of the molecule is Cc1nccn1-c1ccc(C(C)N2CCCC2C(=O)O)cc1. The quantitative estimate of drug-likeness (QED) is 0.943. The molecule has 1 N–H and O–H groups in total. The first-order valence-corrected chi connectivity index (χ1v) is 7.67. The van der Waals surface area contributed by atoms with Gasteiger partial charge in [0.15, 0.2) is 0 Å². The van der Waals surface area contributed by atoms with E-state index < -0.39 is 5.97 Å². The van der Waals surface area contributed by atoms with Crippen molar-refractivity contribution in [2.75, 3.05) is 6.54 Å². The van der Waals surface area contributed by atoms with Gasteiger partial charge in [-0.3, -0.25) is 9.69 Å². The highest BCUT2D eigenvalue weighted by atomic mass is 16.4. The van der Waals surface area contributed by atoms with Crippen LogP contribution in [0.2, 0.25) is 0 Å². The third-order valence-electron chi connectivity index (χ3n) is 4.56. The molecule has 0 saturated carbocycles. The number of aliphatic carboxylic acids is 1. The molecule has 1 aromatic heterocycles. The number of benzene rings is 1. The Bertz CT molecular complexity index is 663. The fraction of sp³-hybridized carbons (Fsp3) is 0.412. The van der Waals surface area contributed by atoms with Gasteiger partial charge in [0.1, 0.15) is 11.9 Å². The Morgan fingerprint density at radius 3 is 2.68 bits per heavy atom. The van der Waals surface area contributed by atoms with Crippen LogP contribution in [-0.2, 0) is 4.79 Å². The van der Waals surface area contributed by atoms with Crippen LogP contribution in [0.5, 0.6) is 0 Å². The predicted molar refractivity (Wildman–Crippen MR) is 84.1 cm³/mol. The summed E-state index contributed by atoms with van der Waals surface area (Å²) in [5.41, 5.74) is 2.22. The van der Waals surface area contributed by atoms with E-state index in [0.29, 0.717) is 0 Å². The molecular weight excluding hydrogens is 278 g/mol.